The molecule has 7 nitrogen and oxygen atoms in total. The molecule has 3 aromatic rings. The molecule has 0 spiro atoms. The Labute approximate surface area is 265 Å². The summed E-state index contributed by atoms with van der Waals surface area (Å²) in [6.45, 7) is 1.47. The predicted molar refractivity (Wildman–Crippen MR) is 166 cm³/mol. The van der Waals surface area contributed by atoms with Gasteiger partial charge >= 0.3 is 5.97 Å². The third-order valence-electron chi connectivity index (χ3n) is 8.33. The Morgan fingerprint density at radius 1 is 0.977 bits per heavy atom. The Morgan fingerprint density at radius 2 is 1.77 bits per heavy atom. The van der Waals surface area contributed by atoms with Crippen LogP contribution in [0, 0.1) is 5.92 Å². The van der Waals surface area contributed by atoms with Gasteiger partial charge in [-0.05, 0) is 85.0 Å². The molecular weight excluding hydrogens is 613 g/mol. The van der Waals surface area contributed by atoms with Crippen molar-refractivity contribution in [3.05, 3.63) is 98.0 Å². The minimum Gasteiger partial charge on any atom is -0.493 e. The lowest BCUT2D eigenvalue weighted by molar-refractivity contribution is -0.166. The molecule has 1 saturated carbocycles. The second-order valence-electron chi connectivity index (χ2n) is 11.1. The fraction of sp³-hybridized carbons (Fsp3) is 0.394. The van der Waals surface area contributed by atoms with E-state index in [-0.39, 0.29) is 36.4 Å². The first kappa shape index (κ1) is 30.2. The lowest BCUT2D eigenvalue weighted by atomic mass is 9.91. The normalized spacial score (nSPS) is 24.7. The molecule has 0 amide bonds. The maximum absolute atomic E-state index is 11.2. The van der Waals surface area contributed by atoms with Crippen LogP contribution in [0.25, 0.3) is 0 Å². The predicted octanol–water partition coefficient (Wildman–Crippen LogP) is 8.35. The van der Waals surface area contributed by atoms with Crippen molar-refractivity contribution in [2.45, 2.75) is 56.3 Å². The molecule has 0 bridgehead atoms. The van der Waals surface area contributed by atoms with Gasteiger partial charge in [0.2, 0.25) is 0 Å². The first-order valence-corrected chi connectivity index (χ1v) is 15.7. The second kappa shape index (κ2) is 13.4. The molecule has 2 heterocycles. The van der Waals surface area contributed by atoms with E-state index in [4.69, 9.17) is 59.0 Å². The van der Waals surface area contributed by atoms with Crippen LogP contribution in [0.1, 0.15) is 71.0 Å². The lowest BCUT2D eigenvalue weighted by Gasteiger charge is -2.24. The van der Waals surface area contributed by atoms with E-state index in [0.29, 0.717) is 51.0 Å². The monoisotopic (exact) mass is 643 g/mol. The average Bonchev–Trinajstić information content (AvgIpc) is 3.70. The van der Waals surface area contributed by atoms with E-state index in [9.17, 15) is 4.79 Å². The van der Waals surface area contributed by atoms with Crippen LogP contribution in [0.5, 0.6) is 5.75 Å². The molecule has 2 aliphatic heterocycles. The van der Waals surface area contributed by atoms with E-state index in [0.717, 1.165) is 43.4 Å². The van der Waals surface area contributed by atoms with Crippen LogP contribution < -0.4 is 4.74 Å². The number of halogens is 3. The van der Waals surface area contributed by atoms with Gasteiger partial charge in [-0.25, -0.2) is 4.79 Å². The molecule has 1 N–H and O–H groups in total. The highest BCUT2D eigenvalue weighted by molar-refractivity contribution is 6.40. The molecule has 0 radical (unpaired) electrons. The largest absolute Gasteiger partial charge is 0.493 e. The molecule has 1 saturated heterocycles. The van der Waals surface area contributed by atoms with Crippen molar-refractivity contribution >= 4 is 46.5 Å². The number of carboxylic acid groups (broad SMARTS) is 1. The van der Waals surface area contributed by atoms with Crippen LogP contribution in [0.2, 0.25) is 15.1 Å². The zero-order chi connectivity index (χ0) is 29.9. The SMILES string of the molecule is O=C(O)c1ccc(C2CC2c2ccc(OCC3C(c4c(Cl)cccc4Cl)=NOC3CCOC3CCCCO3)cc2Cl)cc1. The van der Waals surface area contributed by atoms with Gasteiger partial charge in [-0.3, -0.25) is 0 Å². The number of nitrogens with zero attached hydrogens (tertiary/aromatic N) is 1. The maximum Gasteiger partial charge on any atom is 0.335 e. The Bertz CT molecular complexity index is 1470. The summed E-state index contributed by atoms with van der Waals surface area (Å²) in [5.41, 5.74) is 3.74. The molecule has 5 atom stereocenters. The highest BCUT2D eigenvalue weighted by Gasteiger charge is 2.41. The van der Waals surface area contributed by atoms with E-state index >= 15 is 0 Å². The topological polar surface area (TPSA) is 86.6 Å². The van der Waals surface area contributed by atoms with E-state index in [2.05, 4.69) is 5.16 Å². The van der Waals surface area contributed by atoms with Crippen LogP contribution in [0.3, 0.4) is 0 Å². The standard InChI is InChI=1S/C33H32Cl3NO6/c34-26-4-3-5-27(35)31(26)32-25(29(43-37-32)13-15-41-30-6-1-2-14-40-30)18-42-21-11-12-22(28(36)16-21)24-17-23(24)19-7-9-20(10-8-19)33(38)39/h3-5,7-12,16,23-25,29-30H,1-2,6,13-15,17-18H2,(H,38,39). The molecule has 3 aliphatic rings. The quantitative estimate of drug-likeness (QED) is 0.226. The van der Waals surface area contributed by atoms with Crippen LogP contribution in [-0.2, 0) is 14.3 Å². The van der Waals surface area contributed by atoms with Crippen molar-refractivity contribution in [1.29, 1.82) is 0 Å². The van der Waals surface area contributed by atoms with Gasteiger partial charge in [0.25, 0.3) is 0 Å². The van der Waals surface area contributed by atoms with Crippen LogP contribution >= 0.6 is 34.8 Å². The molecule has 43 heavy (non-hydrogen) atoms. The second-order valence-corrected chi connectivity index (χ2v) is 12.4. The van der Waals surface area contributed by atoms with Gasteiger partial charge < -0.3 is 24.2 Å². The van der Waals surface area contributed by atoms with Gasteiger partial charge in [-0.15, -0.1) is 0 Å². The molecule has 5 unspecified atom stereocenters. The average molecular weight is 645 g/mol. The van der Waals surface area contributed by atoms with Gasteiger partial charge in [-0.2, -0.15) is 0 Å². The Morgan fingerprint density at radius 3 is 2.47 bits per heavy atom. The Kier molecular flexibility index (Phi) is 9.45. The number of aromatic carboxylic acids is 1. The summed E-state index contributed by atoms with van der Waals surface area (Å²) in [4.78, 5) is 17.1. The molecular formula is C33H32Cl3NO6. The summed E-state index contributed by atoms with van der Waals surface area (Å²) >= 11 is 19.8. The molecule has 226 valence electrons. The minimum absolute atomic E-state index is 0.181. The first-order valence-electron chi connectivity index (χ1n) is 14.6. The van der Waals surface area contributed by atoms with Crippen molar-refractivity contribution in [1.82, 2.24) is 0 Å². The van der Waals surface area contributed by atoms with E-state index < -0.39 is 5.97 Å². The fourth-order valence-corrected chi connectivity index (χ4v) is 6.78. The fourth-order valence-electron chi connectivity index (χ4n) is 5.88. The summed E-state index contributed by atoms with van der Waals surface area (Å²) in [5, 5.41) is 15.2. The van der Waals surface area contributed by atoms with Crippen molar-refractivity contribution in [2.24, 2.45) is 11.1 Å². The Balaban J connectivity index is 1.12. The van der Waals surface area contributed by atoms with Crippen molar-refractivity contribution in [3.63, 3.8) is 0 Å². The third kappa shape index (κ3) is 6.97. The maximum atomic E-state index is 11.2. The van der Waals surface area contributed by atoms with Gasteiger partial charge in [0.05, 0.1) is 28.1 Å². The number of oxime groups is 1. The third-order valence-corrected chi connectivity index (χ3v) is 9.28. The summed E-state index contributed by atoms with van der Waals surface area (Å²) in [6, 6.07) is 18.2. The van der Waals surface area contributed by atoms with Crippen molar-refractivity contribution in [3.8, 4) is 5.75 Å². The number of carbonyl (C=O) groups is 1. The smallest absolute Gasteiger partial charge is 0.335 e. The highest BCUT2D eigenvalue weighted by Crippen LogP contribution is 2.56. The highest BCUT2D eigenvalue weighted by atomic mass is 35.5. The summed E-state index contributed by atoms with van der Waals surface area (Å²) in [7, 11) is 0. The zero-order valence-corrected chi connectivity index (χ0v) is 25.7. The molecule has 1 aliphatic carbocycles. The van der Waals surface area contributed by atoms with Crippen molar-refractivity contribution in [2.75, 3.05) is 19.8 Å². The van der Waals surface area contributed by atoms with Gasteiger partial charge in [0, 0.05) is 23.6 Å². The van der Waals surface area contributed by atoms with Gasteiger partial charge in [0.1, 0.15) is 24.2 Å². The Hall–Kier alpha value is -2.81. The number of rotatable bonds is 11. The molecule has 0 aromatic heterocycles. The minimum atomic E-state index is -0.927. The lowest BCUT2D eigenvalue weighted by Crippen LogP contribution is -2.32. The number of benzene rings is 3. The zero-order valence-electron chi connectivity index (χ0n) is 23.4. The number of carboxylic acids is 1. The van der Waals surface area contributed by atoms with Crippen LogP contribution in [0.15, 0.2) is 65.8 Å². The summed E-state index contributed by atoms with van der Waals surface area (Å²) in [5.74, 6) is 0.0545. The molecule has 3 aromatic carbocycles. The van der Waals surface area contributed by atoms with Crippen molar-refractivity contribution < 1.29 is 28.9 Å². The van der Waals surface area contributed by atoms with E-state index in [1.807, 2.05) is 30.3 Å². The molecule has 2 fully saturated rings. The molecule has 6 rings (SSSR count). The van der Waals surface area contributed by atoms with Crippen LogP contribution in [0.4, 0.5) is 0 Å². The van der Waals surface area contributed by atoms with Gasteiger partial charge in [0.15, 0.2) is 6.29 Å². The van der Waals surface area contributed by atoms with Crippen LogP contribution in [-0.4, -0.2) is 49.0 Å². The van der Waals surface area contributed by atoms with Gasteiger partial charge in [-0.1, -0.05) is 64.2 Å². The number of hydrogen-bond donors (Lipinski definition) is 1. The summed E-state index contributed by atoms with van der Waals surface area (Å²) in [6.07, 6.45) is 4.14. The molecule has 10 heteroatoms. The van der Waals surface area contributed by atoms with E-state index in [1.54, 1.807) is 30.3 Å². The first-order chi connectivity index (χ1) is 20.9. The van der Waals surface area contributed by atoms with E-state index in [1.165, 1.54) is 0 Å². The summed E-state index contributed by atoms with van der Waals surface area (Å²) < 4.78 is 17.9. The number of hydrogen-bond acceptors (Lipinski definition) is 6. The number of ether oxygens (including phenoxy) is 3.